The highest BCUT2D eigenvalue weighted by molar-refractivity contribution is 9.10. The van der Waals surface area contributed by atoms with Gasteiger partial charge in [-0.3, -0.25) is 9.88 Å². The third kappa shape index (κ3) is 3.30. The number of nitrogens with zero attached hydrogens (tertiary/aromatic N) is 3. The fourth-order valence-electron chi connectivity index (χ4n) is 3.37. The lowest BCUT2D eigenvalue weighted by atomic mass is 10.1. The van der Waals surface area contributed by atoms with Crippen molar-refractivity contribution in [1.29, 1.82) is 0 Å². The van der Waals surface area contributed by atoms with Crippen LogP contribution in [0.15, 0.2) is 65.3 Å². The van der Waals surface area contributed by atoms with Gasteiger partial charge in [0.25, 0.3) is 0 Å². The predicted octanol–water partition coefficient (Wildman–Crippen LogP) is 4.32. The van der Waals surface area contributed by atoms with Crippen LogP contribution in [0.3, 0.4) is 0 Å². The van der Waals surface area contributed by atoms with E-state index in [4.69, 9.17) is 0 Å². The van der Waals surface area contributed by atoms with Gasteiger partial charge in [0.2, 0.25) is 0 Å². The Morgan fingerprint density at radius 3 is 2.50 bits per heavy atom. The van der Waals surface area contributed by atoms with Gasteiger partial charge in [-0.15, -0.1) is 0 Å². The molecule has 0 aliphatic carbocycles. The van der Waals surface area contributed by atoms with Crippen molar-refractivity contribution in [2.24, 2.45) is 0 Å². The normalized spacial score (nSPS) is 15.8. The molecule has 0 bridgehead atoms. The largest absolute Gasteiger partial charge is 0.368 e. The molecule has 1 aliphatic rings. The highest BCUT2D eigenvalue weighted by atomic mass is 79.9. The Kier molecular flexibility index (Phi) is 4.50. The van der Waals surface area contributed by atoms with Gasteiger partial charge in [-0.25, -0.2) is 0 Å². The second kappa shape index (κ2) is 6.91. The van der Waals surface area contributed by atoms with Crippen molar-refractivity contribution in [1.82, 2.24) is 9.88 Å². The molecule has 3 nitrogen and oxygen atoms in total. The molecule has 24 heavy (non-hydrogen) atoms. The zero-order chi connectivity index (χ0) is 16.4. The van der Waals surface area contributed by atoms with Crippen molar-refractivity contribution in [3.8, 4) is 0 Å². The lowest BCUT2D eigenvalue weighted by Gasteiger charge is -2.36. The molecule has 0 unspecified atom stereocenters. The summed E-state index contributed by atoms with van der Waals surface area (Å²) in [5.41, 5.74) is 3.74. The number of piperazine rings is 1. The van der Waals surface area contributed by atoms with Crippen LogP contribution in [0.5, 0.6) is 0 Å². The summed E-state index contributed by atoms with van der Waals surface area (Å²) in [6.45, 7) is 5.34. The maximum absolute atomic E-state index is 4.50. The van der Waals surface area contributed by atoms with E-state index in [9.17, 15) is 0 Å². The molecule has 0 N–H and O–H groups in total. The van der Waals surface area contributed by atoms with Crippen LogP contribution < -0.4 is 4.90 Å². The van der Waals surface area contributed by atoms with Crippen molar-refractivity contribution >= 4 is 32.5 Å². The minimum atomic E-state index is 1.04. The molecule has 122 valence electrons. The molecule has 0 atom stereocenters. The monoisotopic (exact) mass is 381 g/mol. The Labute approximate surface area is 151 Å². The molecule has 1 fully saturated rings. The minimum Gasteiger partial charge on any atom is -0.368 e. The Bertz CT molecular complexity index is 827. The maximum Gasteiger partial charge on any atom is 0.0734 e. The van der Waals surface area contributed by atoms with E-state index in [-0.39, 0.29) is 0 Å². The van der Waals surface area contributed by atoms with Crippen molar-refractivity contribution in [3.63, 3.8) is 0 Å². The summed E-state index contributed by atoms with van der Waals surface area (Å²) in [5.74, 6) is 0. The van der Waals surface area contributed by atoms with Crippen LogP contribution in [0.4, 0.5) is 5.69 Å². The zero-order valence-corrected chi connectivity index (χ0v) is 15.1. The first-order valence-corrected chi connectivity index (χ1v) is 9.14. The molecule has 0 saturated carbocycles. The summed E-state index contributed by atoms with van der Waals surface area (Å²) < 4.78 is 1.08. The van der Waals surface area contributed by atoms with Gasteiger partial charge in [-0.2, -0.15) is 0 Å². The Hall–Kier alpha value is -1.91. The molecule has 1 aromatic heterocycles. The quantitative estimate of drug-likeness (QED) is 0.673. The topological polar surface area (TPSA) is 19.4 Å². The van der Waals surface area contributed by atoms with E-state index in [2.05, 4.69) is 85.3 Å². The van der Waals surface area contributed by atoms with E-state index in [1.807, 2.05) is 6.20 Å². The predicted molar refractivity (Wildman–Crippen MR) is 103 cm³/mol. The summed E-state index contributed by atoms with van der Waals surface area (Å²) in [7, 11) is 0. The summed E-state index contributed by atoms with van der Waals surface area (Å²) >= 11 is 3.53. The number of fused-ring (bicyclic) bond motifs is 1. The molecule has 0 spiro atoms. The number of halogens is 1. The molecule has 1 saturated heterocycles. The van der Waals surface area contributed by atoms with E-state index < -0.39 is 0 Å². The maximum atomic E-state index is 4.50. The number of hydrogen-bond donors (Lipinski definition) is 0. The van der Waals surface area contributed by atoms with Gasteiger partial charge < -0.3 is 4.90 Å². The molecular weight excluding hydrogens is 362 g/mol. The molecule has 3 aromatic rings. The second-order valence-electron chi connectivity index (χ2n) is 6.24. The summed E-state index contributed by atoms with van der Waals surface area (Å²) in [4.78, 5) is 9.52. The van der Waals surface area contributed by atoms with E-state index in [0.717, 1.165) is 42.7 Å². The fraction of sp³-hybridized carbons (Fsp3) is 0.250. The molecule has 0 radical (unpaired) electrons. The van der Waals surface area contributed by atoms with E-state index in [0.29, 0.717) is 0 Å². The third-order valence-electron chi connectivity index (χ3n) is 4.64. The molecule has 4 heteroatoms. The van der Waals surface area contributed by atoms with E-state index in [1.165, 1.54) is 16.6 Å². The highest BCUT2D eigenvalue weighted by Crippen LogP contribution is 2.28. The van der Waals surface area contributed by atoms with Gasteiger partial charge in [0.1, 0.15) is 0 Å². The average molecular weight is 382 g/mol. The number of hydrogen-bond acceptors (Lipinski definition) is 3. The smallest absolute Gasteiger partial charge is 0.0734 e. The molecule has 0 amide bonds. The second-order valence-corrected chi connectivity index (χ2v) is 7.16. The molecule has 2 aromatic carbocycles. The number of aromatic nitrogens is 1. The Morgan fingerprint density at radius 1 is 0.917 bits per heavy atom. The number of pyridine rings is 1. The van der Waals surface area contributed by atoms with Gasteiger partial charge >= 0.3 is 0 Å². The molecule has 1 aliphatic heterocycles. The molecule has 2 heterocycles. The van der Waals surface area contributed by atoms with Gasteiger partial charge in [-0.05, 0) is 29.8 Å². The summed E-state index contributed by atoms with van der Waals surface area (Å²) in [6.07, 6.45) is 1.92. The lowest BCUT2D eigenvalue weighted by Crippen LogP contribution is -2.46. The lowest BCUT2D eigenvalue weighted by molar-refractivity contribution is 0.250. The average Bonchev–Trinajstić information content (AvgIpc) is 2.62. The Morgan fingerprint density at radius 2 is 1.71 bits per heavy atom. The Balaban J connectivity index is 1.48. The van der Waals surface area contributed by atoms with Crippen LogP contribution in [0.1, 0.15) is 5.56 Å². The first-order valence-electron chi connectivity index (χ1n) is 8.35. The first-order chi connectivity index (χ1) is 11.8. The van der Waals surface area contributed by atoms with Crippen LogP contribution in [0.25, 0.3) is 10.9 Å². The summed E-state index contributed by atoms with van der Waals surface area (Å²) in [5, 5.41) is 1.23. The van der Waals surface area contributed by atoms with Crippen LogP contribution in [-0.4, -0.2) is 36.1 Å². The number of benzene rings is 2. The zero-order valence-electron chi connectivity index (χ0n) is 13.5. The van der Waals surface area contributed by atoms with E-state index in [1.54, 1.807) is 0 Å². The van der Waals surface area contributed by atoms with Crippen LogP contribution >= 0.6 is 15.9 Å². The minimum absolute atomic E-state index is 1.04. The van der Waals surface area contributed by atoms with Gasteiger partial charge in [0.15, 0.2) is 0 Å². The SMILES string of the molecule is Brc1ccc2c(N3CCN(Cc4ccccc4)CC3)ccnc2c1. The number of anilines is 1. The van der Waals surface area contributed by atoms with Gasteiger partial charge in [-0.1, -0.05) is 46.3 Å². The molecule has 4 rings (SSSR count). The number of rotatable bonds is 3. The van der Waals surface area contributed by atoms with E-state index >= 15 is 0 Å². The first kappa shape index (κ1) is 15.6. The van der Waals surface area contributed by atoms with Crippen LogP contribution in [0, 0.1) is 0 Å². The van der Waals surface area contributed by atoms with Gasteiger partial charge in [0, 0.05) is 54.5 Å². The van der Waals surface area contributed by atoms with Crippen molar-refractivity contribution in [3.05, 3.63) is 70.8 Å². The van der Waals surface area contributed by atoms with Crippen LogP contribution in [0.2, 0.25) is 0 Å². The van der Waals surface area contributed by atoms with Gasteiger partial charge in [0.05, 0.1) is 5.52 Å². The van der Waals surface area contributed by atoms with Crippen molar-refractivity contribution in [2.75, 3.05) is 31.1 Å². The van der Waals surface area contributed by atoms with Crippen molar-refractivity contribution in [2.45, 2.75) is 6.54 Å². The molecular formula is C20H20BrN3. The van der Waals surface area contributed by atoms with Crippen molar-refractivity contribution < 1.29 is 0 Å². The summed E-state index contributed by atoms with van der Waals surface area (Å²) in [6, 6.07) is 19.2. The standard InChI is InChI=1S/C20H20BrN3/c21-17-6-7-18-19(14-17)22-9-8-20(18)24-12-10-23(11-13-24)15-16-4-2-1-3-5-16/h1-9,14H,10-13,15H2. The fourth-order valence-corrected chi connectivity index (χ4v) is 3.72. The third-order valence-corrected chi connectivity index (χ3v) is 5.14. The highest BCUT2D eigenvalue weighted by Gasteiger charge is 2.19. The van der Waals surface area contributed by atoms with Crippen LogP contribution in [-0.2, 0) is 6.54 Å².